The van der Waals surface area contributed by atoms with E-state index in [9.17, 15) is 22.3 Å². The van der Waals surface area contributed by atoms with Gasteiger partial charge in [-0.15, -0.1) is 0 Å². The molecule has 0 aromatic heterocycles. The van der Waals surface area contributed by atoms with Crippen molar-refractivity contribution in [2.75, 3.05) is 6.54 Å². The number of hydrogen-bond donors (Lipinski definition) is 2. The Labute approximate surface area is 110 Å². The second kappa shape index (κ2) is 5.15. The Balaban J connectivity index is 2.11. The maximum atomic E-state index is 13.0. The quantitative estimate of drug-likeness (QED) is 0.884. The molecule has 106 valence electrons. The molecule has 4 nitrogen and oxygen atoms in total. The largest absolute Gasteiger partial charge is 0.389 e. The predicted octanol–water partition coefficient (Wildman–Crippen LogP) is 1.55. The number of sulfonamides is 1. The second-order valence-corrected chi connectivity index (χ2v) is 6.60. The van der Waals surface area contributed by atoms with Crippen LogP contribution in [0.4, 0.5) is 8.78 Å². The lowest BCUT2D eigenvalue weighted by Gasteiger charge is -2.22. The molecule has 1 fully saturated rings. The van der Waals surface area contributed by atoms with Gasteiger partial charge in [-0.3, -0.25) is 0 Å². The van der Waals surface area contributed by atoms with Gasteiger partial charge in [-0.1, -0.05) is 12.8 Å². The molecular formula is C12H15F2NO3S. The number of benzene rings is 1. The molecule has 0 radical (unpaired) electrons. The molecule has 0 aliphatic heterocycles. The zero-order chi connectivity index (χ0) is 14.1. The van der Waals surface area contributed by atoms with Gasteiger partial charge in [-0.25, -0.2) is 21.9 Å². The van der Waals surface area contributed by atoms with E-state index < -0.39 is 27.3 Å². The van der Waals surface area contributed by atoms with E-state index in [1.54, 1.807) is 0 Å². The van der Waals surface area contributed by atoms with Gasteiger partial charge in [0.1, 0.15) is 0 Å². The molecule has 2 N–H and O–H groups in total. The highest BCUT2D eigenvalue weighted by Crippen LogP contribution is 2.29. The molecule has 0 atom stereocenters. The molecular weight excluding hydrogens is 276 g/mol. The van der Waals surface area contributed by atoms with E-state index in [0.29, 0.717) is 18.9 Å². The third-order valence-corrected chi connectivity index (χ3v) is 4.73. The van der Waals surface area contributed by atoms with E-state index in [-0.39, 0.29) is 11.4 Å². The van der Waals surface area contributed by atoms with Crippen LogP contribution in [-0.2, 0) is 10.0 Å². The van der Waals surface area contributed by atoms with E-state index in [4.69, 9.17) is 0 Å². The van der Waals surface area contributed by atoms with E-state index in [1.807, 2.05) is 0 Å². The van der Waals surface area contributed by atoms with Crippen molar-refractivity contribution in [3.63, 3.8) is 0 Å². The topological polar surface area (TPSA) is 66.4 Å². The van der Waals surface area contributed by atoms with Crippen LogP contribution < -0.4 is 4.72 Å². The molecule has 0 spiro atoms. The highest BCUT2D eigenvalue weighted by atomic mass is 32.2. The summed E-state index contributed by atoms with van der Waals surface area (Å²) in [4.78, 5) is -0.354. The van der Waals surface area contributed by atoms with Crippen molar-refractivity contribution in [1.29, 1.82) is 0 Å². The zero-order valence-corrected chi connectivity index (χ0v) is 11.0. The van der Waals surface area contributed by atoms with Crippen molar-refractivity contribution in [3.05, 3.63) is 29.8 Å². The molecule has 2 rings (SSSR count). The molecule has 0 unspecified atom stereocenters. The Kier molecular flexibility index (Phi) is 3.89. The summed E-state index contributed by atoms with van der Waals surface area (Å²) in [5.41, 5.74) is -1.04. The second-order valence-electron chi connectivity index (χ2n) is 4.83. The van der Waals surface area contributed by atoms with Crippen LogP contribution in [0.25, 0.3) is 0 Å². The average Bonchev–Trinajstić information content (AvgIpc) is 2.78. The van der Waals surface area contributed by atoms with E-state index in [0.717, 1.165) is 25.0 Å². The number of aliphatic hydroxyl groups is 1. The van der Waals surface area contributed by atoms with Crippen molar-refractivity contribution in [3.8, 4) is 0 Å². The molecule has 1 aromatic carbocycles. The van der Waals surface area contributed by atoms with Gasteiger partial charge in [0, 0.05) is 6.54 Å². The van der Waals surface area contributed by atoms with Crippen LogP contribution in [0.2, 0.25) is 0 Å². The van der Waals surface area contributed by atoms with Crippen molar-refractivity contribution < 1.29 is 22.3 Å². The highest BCUT2D eigenvalue weighted by molar-refractivity contribution is 7.89. The summed E-state index contributed by atoms with van der Waals surface area (Å²) in [6, 6.07) is 2.37. The Morgan fingerprint density at radius 1 is 1.21 bits per heavy atom. The maximum absolute atomic E-state index is 13.0. The molecule has 1 aliphatic rings. The third-order valence-electron chi connectivity index (χ3n) is 3.33. The van der Waals surface area contributed by atoms with Crippen LogP contribution in [0.3, 0.4) is 0 Å². The molecule has 0 heterocycles. The van der Waals surface area contributed by atoms with Crippen LogP contribution >= 0.6 is 0 Å². The minimum Gasteiger partial charge on any atom is -0.389 e. The number of hydrogen-bond acceptors (Lipinski definition) is 3. The molecule has 19 heavy (non-hydrogen) atoms. The summed E-state index contributed by atoms with van der Waals surface area (Å²) in [5, 5.41) is 10.0. The van der Waals surface area contributed by atoms with E-state index >= 15 is 0 Å². The lowest BCUT2D eigenvalue weighted by molar-refractivity contribution is 0.0532. The van der Waals surface area contributed by atoms with Crippen LogP contribution in [0, 0.1) is 11.6 Å². The normalized spacial score (nSPS) is 18.7. The number of halogens is 2. The first-order valence-corrected chi connectivity index (χ1v) is 7.48. The number of nitrogens with one attached hydrogen (secondary N) is 1. The van der Waals surface area contributed by atoms with Crippen LogP contribution in [0.15, 0.2) is 23.1 Å². The lowest BCUT2D eigenvalue weighted by atomic mass is 10.0. The minimum atomic E-state index is -3.94. The lowest BCUT2D eigenvalue weighted by Crippen LogP contribution is -2.40. The van der Waals surface area contributed by atoms with Crippen molar-refractivity contribution in [2.24, 2.45) is 0 Å². The summed E-state index contributed by atoms with van der Waals surface area (Å²) in [6.07, 6.45) is 2.77. The first-order chi connectivity index (χ1) is 8.82. The Morgan fingerprint density at radius 2 is 1.84 bits per heavy atom. The molecule has 7 heteroatoms. The van der Waals surface area contributed by atoms with Crippen molar-refractivity contribution >= 4 is 10.0 Å². The molecule has 0 saturated heterocycles. The van der Waals surface area contributed by atoms with E-state index in [2.05, 4.69) is 4.72 Å². The standard InChI is InChI=1S/C12H15F2NO3S/c13-10-4-3-9(7-11(10)14)19(17,18)15-8-12(16)5-1-2-6-12/h3-4,7,15-16H,1-2,5-6,8H2. The van der Waals surface area contributed by atoms with Crippen LogP contribution in [0.5, 0.6) is 0 Å². The monoisotopic (exact) mass is 291 g/mol. The summed E-state index contributed by atoms with van der Waals surface area (Å²) in [7, 11) is -3.94. The van der Waals surface area contributed by atoms with E-state index in [1.165, 1.54) is 0 Å². The molecule has 0 amide bonds. The van der Waals surface area contributed by atoms with Gasteiger partial charge in [0.15, 0.2) is 11.6 Å². The summed E-state index contributed by atoms with van der Waals surface area (Å²) >= 11 is 0. The van der Waals surface area contributed by atoms with Crippen LogP contribution in [0.1, 0.15) is 25.7 Å². The molecule has 1 aliphatic carbocycles. The van der Waals surface area contributed by atoms with Gasteiger partial charge < -0.3 is 5.11 Å². The fourth-order valence-electron chi connectivity index (χ4n) is 2.17. The Hall–Kier alpha value is -1.05. The van der Waals surface area contributed by atoms with Gasteiger partial charge in [-0.05, 0) is 31.0 Å². The summed E-state index contributed by atoms with van der Waals surface area (Å²) in [6.45, 7) is -0.117. The zero-order valence-electron chi connectivity index (χ0n) is 10.2. The minimum absolute atomic E-state index is 0.117. The fourth-order valence-corrected chi connectivity index (χ4v) is 3.30. The van der Waals surface area contributed by atoms with Crippen molar-refractivity contribution in [1.82, 2.24) is 4.72 Å². The first-order valence-electron chi connectivity index (χ1n) is 6.00. The number of rotatable bonds is 4. The Morgan fingerprint density at radius 3 is 2.42 bits per heavy atom. The average molecular weight is 291 g/mol. The van der Waals surface area contributed by atoms with Gasteiger partial charge in [0.2, 0.25) is 10.0 Å². The van der Waals surface area contributed by atoms with Crippen LogP contribution in [-0.4, -0.2) is 25.7 Å². The third kappa shape index (κ3) is 3.29. The SMILES string of the molecule is O=S(=O)(NCC1(O)CCCC1)c1ccc(F)c(F)c1. The maximum Gasteiger partial charge on any atom is 0.240 e. The fraction of sp³-hybridized carbons (Fsp3) is 0.500. The molecule has 1 aromatic rings. The van der Waals surface area contributed by atoms with Gasteiger partial charge in [0.05, 0.1) is 10.5 Å². The predicted molar refractivity (Wildman–Crippen MR) is 65.0 cm³/mol. The molecule has 0 bridgehead atoms. The van der Waals surface area contributed by atoms with Gasteiger partial charge in [0.25, 0.3) is 0 Å². The highest BCUT2D eigenvalue weighted by Gasteiger charge is 2.32. The van der Waals surface area contributed by atoms with Gasteiger partial charge >= 0.3 is 0 Å². The first kappa shape index (κ1) is 14.4. The molecule has 1 saturated carbocycles. The summed E-state index contributed by atoms with van der Waals surface area (Å²) in [5.74, 6) is -2.32. The smallest absolute Gasteiger partial charge is 0.240 e. The summed E-state index contributed by atoms with van der Waals surface area (Å²) < 4.78 is 51.8. The Bertz CT molecular complexity index is 568. The van der Waals surface area contributed by atoms with Crippen molar-refractivity contribution in [2.45, 2.75) is 36.2 Å². The van der Waals surface area contributed by atoms with Gasteiger partial charge in [-0.2, -0.15) is 0 Å².